The van der Waals surface area contributed by atoms with Crippen LogP contribution in [0.25, 0.3) is 0 Å². The van der Waals surface area contributed by atoms with E-state index in [1.807, 2.05) is 28.6 Å². The van der Waals surface area contributed by atoms with Crippen LogP contribution in [0.3, 0.4) is 0 Å². The lowest BCUT2D eigenvalue weighted by molar-refractivity contribution is -0.133. The number of nitrogens with one attached hydrogen (secondary N) is 1. The molecule has 1 aliphatic rings. The fourth-order valence-electron chi connectivity index (χ4n) is 2.72. The molecule has 0 aliphatic carbocycles. The molecule has 1 aliphatic heterocycles. The summed E-state index contributed by atoms with van der Waals surface area (Å²) in [6.07, 6.45) is 4.90. The number of pyridine rings is 1. The van der Waals surface area contributed by atoms with Gasteiger partial charge in [0.05, 0.1) is 23.2 Å². The minimum absolute atomic E-state index is 0.0548. The minimum atomic E-state index is 0.0548. The first-order valence-corrected chi connectivity index (χ1v) is 8.49. The Balaban J connectivity index is 1.74. The molecule has 3 rings (SSSR count). The molecule has 22 heavy (non-hydrogen) atoms. The lowest BCUT2D eigenvalue weighted by Gasteiger charge is -2.36. The van der Waals surface area contributed by atoms with Crippen molar-refractivity contribution in [2.45, 2.75) is 25.8 Å². The Morgan fingerprint density at radius 2 is 2.45 bits per heavy atom. The van der Waals surface area contributed by atoms with Crippen molar-refractivity contribution in [2.24, 2.45) is 0 Å². The quantitative estimate of drug-likeness (QED) is 0.935. The molecule has 0 saturated carbocycles. The van der Waals surface area contributed by atoms with Crippen LogP contribution < -0.4 is 5.32 Å². The number of carbonyl (C=O) groups excluding carboxylic acids is 1. The SMILES string of the molecule is CCc1nc(CC(=O)N2CCNCC2c2cccnc2)cs1. The van der Waals surface area contributed by atoms with Crippen LogP contribution in [0.15, 0.2) is 29.9 Å². The van der Waals surface area contributed by atoms with Crippen LogP contribution in [0.5, 0.6) is 0 Å². The van der Waals surface area contributed by atoms with Crippen molar-refractivity contribution in [3.8, 4) is 0 Å². The number of aromatic nitrogens is 2. The number of carbonyl (C=O) groups is 1. The maximum absolute atomic E-state index is 12.7. The topological polar surface area (TPSA) is 58.1 Å². The zero-order valence-corrected chi connectivity index (χ0v) is 13.5. The molecular weight excluding hydrogens is 296 g/mol. The van der Waals surface area contributed by atoms with Crippen LogP contribution >= 0.6 is 11.3 Å². The van der Waals surface area contributed by atoms with Gasteiger partial charge in [0.2, 0.25) is 5.91 Å². The third-order valence-electron chi connectivity index (χ3n) is 3.87. The molecule has 1 N–H and O–H groups in total. The van der Waals surface area contributed by atoms with Crippen LogP contribution in [-0.2, 0) is 17.6 Å². The Bertz CT molecular complexity index is 628. The summed E-state index contributed by atoms with van der Waals surface area (Å²) in [7, 11) is 0. The summed E-state index contributed by atoms with van der Waals surface area (Å²) in [5.74, 6) is 0.142. The molecule has 2 aromatic heterocycles. The molecule has 3 heterocycles. The highest BCUT2D eigenvalue weighted by molar-refractivity contribution is 7.09. The summed E-state index contributed by atoms with van der Waals surface area (Å²) in [5.41, 5.74) is 1.96. The van der Waals surface area contributed by atoms with E-state index in [9.17, 15) is 4.79 Å². The number of piperazine rings is 1. The van der Waals surface area contributed by atoms with Gasteiger partial charge in [-0.1, -0.05) is 13.0 Å². The van der Waals surface area contributed by atoms with Crippen molar-refractivity contribution in [1.82, 2.24) is 20.2 Å². The zero-order chi connectivity index (χ0) is 15.4. The largest absolute Gasteiger partial charge is 0.333 e. The number of aryl methyl sites for hydroxylation is 1. The first-order valence-electron chi connectivity index (χ1n) is 7.61. The highest BCUT2D eigenvalue weighted by atomic mass is 32.1. The second kappa shape index (κ2) is 6.98. The second-order valence-corrected chi connectivity index (χ2v) is 6.30. The number of thiazole rings is 1. The predicted octanol–water partition coefficient (Wildman–Crippen LogP) is 1.82. The average Bonchev–Trinajstić information content (AvgIpc) is 3.03. The second-order valence-electron chi connectivity index (χ2n) is 5.36. The van der Waals surface area contributed by atoms with Gasteiger partial charge in [-0.2, -0.15) is 0 Å². The van der Waals surface area contributed by atoms with Crippen molar-refractivity contribution in [3.05, 3.63) is 46.2 Å². The van der Waals surface area contributed by atoms with Crippen molar-refractivity contribution < 1.29 is 4.79 Å². The van der Waals surface area contributed by atoms with Crippen LogP contribution in [0, 0.1) is 0 Å². The fraction of sp³-hybridized carbons (Fsp3) is 0.438. The van der Waals surface area contributed by atoms with Gasteiger partial charge in [0.15, 0.2) is 0 Å². The maximum Gasteiger partial charge on any atom is 0.229 e. The van der Waals surface area contributed by atoms with E-state index in [4.69, 9.17) is 0 Å². The summed E-state index contributed by atoms with van der Waals surface area (Å²) >= 11 is 1.63. The number of hydrogen-bond donors (Lipinski definition) is 1. The standard InChI is InChI=1S/C16H20N4OS/c1-2-15-19-13(11-22-15)8-16(21)20-7-6-18-10-14(20)12-4-3-5-17-9-12/h3-5,9,11,14,18H,2,6-8,10H2,1H3. The zero-order valence-electron chi connectivity index (χ0n) is 12.7. The normalized spacial score (nSPS) is 18.4. The van der Waals surface area contributed by atoms with Crippen LogP contribution in [0.2, 0.25) is 0 Å². The van der Waals surface area contributed by atoms with Gasteiger partial charge in [0, 0.05) is 37.4 Å². The number of rotatable bonds is 4. The lowest BCUT2D eigenvalue weighted by Crippen LogP contribution is -2.49. The van der Waals surface area contributed by atoms with E-state index in [0.29, 0.717) is 6.42 Å². The number of amides is 1. The molecule has 1 fully saturated rings. The van der Waals surface area contributed by atoms with Crippen molar-refractivity contribution in [1.29, 1.82) is 0 Å². The van der Waals surface area contributed by atoms with Gasteiger partial charge < -0.3 is 10.2 Å². The van der Waals surface area contributed by atoms with E-state index in [0.717, 1.165) is 42.3 Å². The highest BCUT2D eigenvalue weighted by Crippen LogP contribution is 2.22. The molecule has 2 aromatic rings. The molecule has 1 saturated heterocycles. The first-order chi connectivity index (χ1) is 10.8. The van der Waals surface area contributed by atoms with Crippen LogP contribution in [0.1, 0.15) is 29.2 Å². The predicted molar refractivity (Wildman–Crippen MR) is 86.8 cm³/mol. The van der Waals surface area contributed by atoms with Crippen molar-refractivity contribution in [3.63, 3.8) is 0 Å². The van der Waals surface area contributed by atoms with E-state index in [2.05, 4.69) is 22.2 Å². The van der Waals surface area contributed by atoms with Gasteiger partial charge in [0.1, 0.15) is 0 Å². The van der Waals surface area contributed by atoms with Crippen LogP contribution in [-0.4, -0.2) is 40.4 Å². The van der Waals surface area contributed by atoms with Gasteiger partial charge in [-0.05, 0) is 18.1 Å². The lowest BCUT2D eigenvalue weighted by atomic mass is 10.0. The van der Waals surface area contributed by atoms with Gasteiger partial charge in [-0.3, -0.25) is 9.78 Å². The minimum Gasteiger partial charge on any atom is -0.333 e. The molecule has 0 bridgehead atoms. The van der Waals surface area contributed by atoms with E-state index in [-0.39, 0.29) is 11.9 Å². The Kier molecular flexibility index (Phi) is 4.80. The van der Waals surface area contributed by atoms with Gasteiger partial charge in [-0.15, -0.1) is 11.3 Å². The third-order valence-corrected chi connectivity index (χ3v) is 4.91. The molecule has 5 nitrogen and oxygen atoms in total. The van der Waals surface area contributed by atoms with E-state index >= 15 is 0 Å². The van der Waals surface area contributed by atoms with Gasteiger partial charge in [-0.25, -0.2) is 4.98 Å². The molecule has 116 valence electrons. The van der Waals surface area contributed by atoms with E-state index in [1.54, 1.807) is 17.5 Å². The summed E-state index contributed by atoms with van der Waals surface area (Å²) < 4.78 is 0. The fourth-order valence-corrected chi connectivity index (χ4v) is 3.47. The molecule has 6 heteroatoms. The van der Waals surface area contributed by atoms with E-state index < -0.39 is 0 Å². The van der Waals surface area contributed by atoms with Crippen LogP contribution in [0.4, 0.5) is 0 Å². The maximum atomic E-state index is 12.7. The monoisotopic (exact) mass is 316 g/mol. The first kappa shape index (κ1) is 15.1. The molecule has 1 amide bonds. The molecule has 0 radical (unpaired) electrons. The summed E-state index contributed by atoms with van der Waals surface area (Å²) in [4.78, 5) is 23.3. The molecule has 1 atom stereocenters. The third kappa shape index (κ3) is 3.34. The molecular formula is C16H20N4OS. The molecule has 0 aromatic carbocycles. The van der Waals surface area contributed by atoms with Gasteiger partial charge in [0.25, 0.3) is 0 Å². The summed E-state index contributed by atoms with van der Waals surface area (Å²) in [5, 5.41) is 6.45. The van der Waals surface area contributed by atoms with Crippen molar-refractivity contribution >= 4 is 17.2 Å². The molecule has 1 unspecified atom stereocenters. The Hall–Kier alpha value is -1.79. The summed E-state index contributed by atoms with van der Waals surface area (Å²) in [6, 6.07) is 4.00. The summed E-state index contributed by atoms with van der Waals surface area (Å²) in [6.45, 7) is 4.41. The van der Waals surface area contributed by atoms with Crippen molar-refractivity contribution in [2.75, 3.05) is 19.6 Å². The number of hydrogen-bond acceptors (Lipinski definition) is 5. The molecule has 0 spiro atoms. The number of nitrogens with zero attached hydrogens (tertiary/aromatic N) is 3. The Morgan fingerprint density at radius 3 is 3.18 bits per heavy atom. The Morgan fingerprint density at radius 1 is 1.55 bits per heavy atom. The van der Waals surface area contributed by atoms with E-state index in [1.165, 1.54) is 0 Å². The average molecular weight is 316 g/mol. The highest BCUT2D eigenvalue weighted by Gasteiger charge is 2.28. The Labute approximate surface area is 134 Å². The van der Waals surface area contributed by atoms with Gasteiger partial charge >= 0.3 is 0 Å². The smallest absolute Gasteiger partial charge is 0.229 e.